The van der Waals surface area contributed by atoms with Gasteiger partial charge in [0.2, 0.25) is 5.91 Å². The number of nitrogens with one attached hydrogen (secondary N) is 1. The molecule has 0 aliphatic heterocycles. The van der Waals surface area contributed by atoms with Gasteiger partial charge in [0.25, 0.3) is 5.56 Å². The summed E-state index contributed by atoms with van der Waals surface area (Å²) >= 11 is 2.59. The van der Waals surface area contributed by atoms with Crippen molar-refractivity contribution < 1.29 is 14.3 Å². The fourth-order valence-corrected chi connectivity index (χ4v) is 4.76. The molecule has 7 nitrogen and oxygen atoms in total. The van der Waals surface area contributed by atoms with Crippen molar-refractivity contribution in [2.24, 2.45) is 0 Å². The lowest BCUT2D eigenvalue weighted by atomic mass is 10.2. The monoisotopic (exact) mass is 467 g/mol. The first-order valence-electron chi connectivity index (χ1n) is 9.75. The fourth-order valence-electron chi connectivity index (χ4n) is 3.18. The number of rotatable bonds is 8. The topological polar surface area (TPSA) is 82.5 Å². The summed E-state index contributed by atoms with van der Waals surface area (Å²) in [7, 11) is 3.19. The van der Waals surface area contributed by atoms with E-state index in [0.29, 0.717) is 39.1 Å². The summed E-state index contributed by atoms with van der Waals surface area (Å²) in [5.41, 5.74) is 2.03. The number of amides is 1. The third kappa shape index (κ3) is 4.79. The molecule has 0 radical (unpaired) electrons. The van der Waals surface area contributed by atoms with Crippen molar-refractivity contribution in [2.75, 3.05) is 25.3 Å². The number of nitrogens with zero attached hydrogens (tertiary/aromatic N) is 2. The van der Waals surface area contributed by atoms with E-state index in [2.05, 4.69) is 10.3 Å². The average Bonchev–Trinajstić information content (AvgIpc) is 3.29. The molecular weight excluding hydrogens is 446 g/mol. The second kappa shape index (κ2) is 9.88. The Morgan fingerprint density at radius 3 is 2.62 bits per heavy atom. The molecule has 2 aromatic carbocycles. The number of anilines is 1. The molecule has 2 heterocycles. The van der Waals surface area contributed by atoms with Crippen LogP contribution in [0.2, 0.25) is 0 Å². The quantitative estimate of drug-likeness (QED) is 0.308. The number of benzene rings is 2. The van der Waals surface area contributed by atoms with Gasteiger partial charge >= 0.3 is 0 Å². The Bertz CT molecular complexity index is 1300. The molecule has 0 bridgehead atoms. The number of aromatic nitrogens is 2. The van der Waals surface area contributed by atoms with Gasteiger partial charge in [0.05, 0.1) is 32.0 Å². The normalized spacial score (nSPS) is 10.8. The molecule has 4 rings (SSSR count). The summed E-state index contributed by atoms with van der Waals surface area (Å²) in [5, 5.41) is 5.18. The third-order valence-electron chi connectivity index (χ3n) is 4.76. The molecule has 0 saturated heterocycles. The first-order valence-corrected chi connectivity index (χ1v) is 11.6. The van der Waals surface area contributed by atoms with Crippen LogP contribution in [0, 0.1) is 0 Å². The lowest BCUT2D eigenvalue weighted by molar-refractivity contribution is -0.113. The van der Waals surface area contributed by atoms with Gasteiger partial charge in [-0.3, -0.25) is 14.2 Å². The van der Waals surface area contributed by atoms with E-state index in [1.165, 1.54) is 23.1 Å². The second-order valence-electron chi connectivity index (χ2n) is 6.80. The second-order valence-corrected chi connectivity index (χ2v) is 8.66. The number of carbonyl (C=O) groups excluding carboxylic acids is 1. The molecule has 9 heteroatoms. The molecule has 0 saturated carbocycles. The van der Waals surface area contributed by atoms with Gasteiger partial charge < -0.3 is 14.8 Å². The highest BCUT2D eigenvalue weighted by Crippen LogP contribution is 2.24. The van der Waals surface area contributed by atoms with Gasteiger partial charge in [0, 0.05) is 11.3 Å². The molecule has 2 aromatic heterocycles. The van der Waals surface area contributed by atoms with E-state index in [9.17, 15) is 9.59 Å². The van der Waals surface area contributed by atoms with E-state index < -0.39 is 0 Å². The minimum Gasteiger partial charge on any atom is -0.497 e. The van der Waals surface area contributed by atoms with Crippen molar-refractivity contribution in [1.29, 1.82) is 0 Å². The highest BCUT2D eigenvalue weighted by Gasteiger charge is 2.16. The maximum absolute atomic E-state index is 13.2. The maximum Gasteiger partial charge on any atom is 0.272 e. The maximum atomic E-state index is 13.2. The van der Waals surface area contributed by atoms with Gasteiger partial charge in [0.1, 0.15) is 16.2 Å². The first-order chi connectivity index (χ1) is 15.6. The predicted molar refractivity (Wildman–Crippen MR) is 128 cm³/mol. The van der Waals surface area contributed by atoms with Crippen LogP contribution >= 0.6 is 23.1 Å². The Morgan fingerprint density at radius 2 is 1.88 bits per heavy atom. The Morgan fingerprint density at radius 1 is 1.09 bits per heavy atom. The standard InChI is InChI=1S/C23H21N3O4S2/c1-29-17-9-7-16(8-10-17)24-20(27)14-32-23-25-18-11-12-31-21(18)22(28)26(23)13-15-5-3-4-6-19(15)30-2/h3-12H,13-14H2,1-2H3,(H,24,27). The Balaban J connectivity index is 1.57. The molecule has 0 aliphatic rings. The number of ether oxygens (including phenoxy) is 2. The summed E-state index contributed by atoms with van der Waals surface area (Å²) in [6, 6.07) is 16.5. The van der Waals surface area contributed by atoms with Crippen LogP contribution in [0.4, 0.5) is 5.69 Å². The van der Waals surface area contributed by atoms with E-state index in [-0.39, 0.29) is 17.2 Å². The summed E-state index contributed by atoms with van der Waals surface area (Å²) in [4.78, 5) is 30.3. The van der Waals surface area contributed by atoms with Gasteiger partial charge in [0.15, 0.2) is 5.16 Å². The molecule has 0 aliphatic carbocycles. The minimum absolute atomic E-state index is 0.111. The van der Waals surface area contributed by atoms with Gasteiger partial charge in [-0.05, 0) is 41.8 Å². The van der Waals surface area contributed by atoms with Crippen LogP contribution in [0.5, 0.6) is 11.5 Å². The van der Waals surface area contributed by atoms with Crippen molar-refractivity contribution in [1.82, 2.24) is 9.55 Å². The van der Waals surface area contributed by atoms with Gasteiger partial charge in [-0.1, -0.05) is 30.0 Å². The highest BCUT2D eigenvalue weighted by atomic mass is 32.2. The zero-order chi connectivity index (χ0) is 22.5. The predicted octanol–water partition coefficient (Wildman–Crippen LogP) is 4.25. The van der Waals surface area contributed by atoms with Crippen molar-refractivity contribution >= 4 is 44.9 Å². The van der Waals surface area contributed by atoms with Crippen LogP contribution in [0.25, 0.3) is 10.2 Å². The number of hydrogen-bond acceptors (Lipinski definition) is 7. The smallest absolute Gasteiger partial charge is 0.272 e. The van der Waals surface area contributed by atoms with Crippen LogP contribution < -0.4 is 20.3 Å². The molecule has 164 valence electrons. The van der Waals surface area contributed by atoms with Gasteiger partial charge in [-0.2, -0.15) is 0 Å². The molecular formula is C23H21N3O4S2. The average molecular weight is 468 g/mol. The number of para-hydroxylation sites is 1. The zero-order valence-corrected chi connectivity index (χ0v) is 19.2. The minimum atomic E-state index is -0.191. The van der Waals surface area contributed by atoms with Crippen molar-refractivity contribution in [3.63, 3.8) is 0 Å². The van der Waals surface area contributed by atoms with E-state index in [0.717, 1.165) is 5.56 Å². The van der Waals surface area contributed by atoms with Gasteiger partial charge in [-0.25, -0.2) is 4.98 Å². The molecule has 0 unspecified atom stereocenters. The molecule has 4 aromatic rings. The van der Waals surface area contributed by atoms with Crippen molar-refractivity contribution in [3.05, 3.63) is 75.9 Å². The van der Waals surface area contributed by atoms with Crippen molar-refractivity contribution in [2.45, 2.75) is 11.7 Å². The third-order valence-corrected chi connectivity index (χ3v) is 6.63. The number of fused-ring (bicyclic) bond motifs is 1. The zero-order valence-electron chi connectivity index (χ0n) is 17.5. The lowest BCUT2D eigenvalue weighted by Gasteiger charge is -2.14. The first kappa shape index (κ1) is 21.9. The summed E-state index contributed by atoms with van der Waals surface area (Å²) in [6.45, 7) is 0.298. The molecule has 0 fully saturated rings. The summed E-state index contributed by atoms with van der Waals surface area (Å²) < 4.78 is 12.8. The van der Waals surface area contributed by atoms with E-state index in [4.69, 9.17) is 9.47 Å². The SMILES string of the molecule is COc1ccc(NC(=O)CSc2nc3ccsc3c(=O)n2Cc2ccccc2OC)cc1. The fraction of sp³-hybridized carbons (Fsp3) is 0.174. The largest absolute Gasteiger partial charge is 0.497 e. The van der Waals surface area contributed by atoms with Crippen LogP contribution in [0.1, 0.15) is 5.56 Å². The molecule has 1 N–H and O–H groups in total. The number of methoxy groups -OCH3 is 2. The van der Waals surface area contributed by atoms with E-state index in [1.54, 1.807) is 43.1 Å². The lowest BCUT2D eigenvalue weighted by Crippen LogP contribution is -2.24. The van der Waals surface area contributed by atoms with Crippen LogP contribution in [-0.4, -0.2) is 35.4 Å². The van der Waals surface area contributed by atoms with Gasteiger partial charge in [-0.15, -0.1) is 11.3 Å². The number of hydrogen-bond donors (Lipinski definition) is 1. The Labute approximate surface area is 193 Å². The molecule has 32 heavy (non-hydrogen) atoms. The molecule has 0 spiro atoms. The van der Waals surface area contributed by atoms with Crippen LogP contribution in [0.15, 0.2) is 69.9 Å². The Kier molecular flexibility index (Phi) is 6.77. The van der Waals surface area contributed by atoms with E-state index >= 15 is 0 Å². The highest BCUT2D eigenvalue weighted by molar-refractivity contribution is 7.99. The van der Waals surface area contributed by atoms with Crippen LogP contribution in [-0.2, 0) is 11.3 Å². The van der Waals surface area contributed by atoms with Crippen molar-refractivity contribution in [3.8, 4) is 11.5 Å². The molecule has 0 atom stereocenters. The number of thiophene rings is 1. The summed E-state index contributed by atoms with van der Waals surface area (Å²) in [6.07, 6.45) is 0. The number of carbonyl (C=O) groups is 1. The van der Waals surface area contributed by atoms with E-state index in [1.807, 2.05) is 35.7 Å². The Hall–Kier alpha value is -3.30. The number of thioether (sulfide) groups is 1. The summed E-state index contributed by atoms with van der Waals surface area (Å²) in [5.74, 6) is 1.33. The van der Waals surface area contributed by atoms with Crippen LogP contribution in [0.3, 0.4) is 0 Å². The molecule has 1 amide bonds.